The Bertz CT molecular complexity index is 1000. The van der Waals surface area contributed by atoms with Crippen LogP contribution in [0.3, 0.4) is 0 Å². The number of aldehydes is 1. The van der Waals surface area contributed by atoms with E-state index in [0.29, 0.717) is 34.6 Å². The topological polar surface area (TPSA) is 69.6 Å². The van der Waals surface area contributed by atoms with Crippen LogP contribution in [-0.2, 0) is 0 Å². The summed E-state index contributed by atoms with van der Waals surface area (Å²) in [6.45, 7) is 3.82. The Morgan fingerprint density at radius 2 is 1.89 bits per heavy atom. The molecule has 6 nitrogen and oxygen atoms in total. The molecule has 0 bridgehead atoms. The third kappa shape index (κ3) is 3.58. The van der Waals surface area contributed by atoms with Crippen LogP contribution in [0.2, 0.25) is 0 Å². The first kappa shape index (κ1) is 18.5. The zero-order chi connectivity index (χ0) is 19.5. The highest BCUT2D eigenvalue weighted by Crippen LogP contribution is 2.30. The van der Waals surface area contributed by atoms with E-state index in [4.69, 9.17) is 5.11 Å². The molecule has 0 unspecified atom stereocenters. The average molecular weight is 380 g/mol. The summed E-state index contributed by atoms with van der Waals surface area (Å²) in [6, 6.07) is 10.3. The number of hydrogen-bond donors (Lipinski definition) is 1. The van der Waals surface area contributed by atoms with E-state index in [1.807, 2.05) is 11.0 Å². The fourth-order valence-electron chi connectivity index (χ4n) is 3.64. The highest BCUT2D eigenvalue weighted by atomic mass is 19.1. The zero-order valence-corrected chi connectivity index (χ0v) is 15.4. The van der Waals surface area contributed by atoms with Crippen LogP contribution in [0.4, 0.5) is 10.1 Å². The summed E-state index contributed by atoms with van der Waals surface area (Å²) in [4.78, 5) is 23.9. The smallest absolute Gasteiger partial charge is 0.150 e. The number of aliphatic hydroxyl groups excluding tert-OH is 1. The molecule has 0 saturated carbocycles. The van der Waals surface area contributed by atoms with Crippen LogP contribution in [0.25, 0.3) is 22.2 Å². The number of fused-ring (bicyclic) bond motifs is 1. The molecule has 1 aliphatic heterocycles. The van der Waals surface area contributed by atoms with Gasteiger partial charge in [0, 0.05) is 49.2 Å². The number of piperazine rings is 1. The number of nitrogens with zero attached hydrogens (tertiary/aromatic N) is 4. The van der Waals surface area contributed by atoms with Crippen molar-refractivity contribution in [2.24, 2.45) is 0 Å². The van der Waals surface area contributed by atoms with E-state index in [-0.39, 0.29) is 12.4 Å². The molecule has 4 rings (SSSR count). The first-order valence-electron chi connectivity index (χ1n) is 9.27. The van der Waals surface area contributed by atoms with Crippen molar-refractivity contribution < 1.29 is 14.3 Å². The van der Waals surface area contributed by atoms with E-state index in [9.17, 15) is 9.18 Å². The quantitative estimate of drug-likeness (QED) is 0.686. The molecule has 0 aliphatic carbocycles. The van der Waals surface area contributed by atoms with Gasteiger partial charge in [0.15, 0.2) is 0 Å². The number of β-amino-alcohol motifs (C(OH)–C–C–N with tert-alkyl or cyclic N) is 1. The summed E-state index contributed by atoms with van der Waals surface area (Å²) in [5.41, 5.74) is 3.06. The maximum atomic E-state index is 14.9. The SMILES string of the molecule is O=Cc1ccc2ncnc(-c3ccc(N4CCN(CCO)CC4)c(F)c3)c2c1. The molecule has 1 fully saturated rings. The lowest BCUT2D eigenvalue weighted by molar-refractivity contribution is 0.112. The van der Waals surface area contributed by atoms with Crippen molar-refractivity contribution in [1.29, 1.82) is 0 Å². The number of halogens is 1. The molecule has 7 heteroatoms. The third-order valence-electron chi connectivity index (χ3n) is 5.15. The van der Waals surface area contributed by atoms with Gasteiger partial charge in [-0.1, -0.05) is 6.07 Å². The second-order valence-electron chi connectivity index (χ2n) is 6.84. The van der Waals surface area contributed by atoms with Crippen molar-refractivity contribution in [3.63, 3.8) is 0 Å². The standard InChI is InChI=1S/C21H21FN4O2/c22-18-12-16(2-4-20(18)26-7-5-25(6-8-26)9-10-27)21-17-11-15(13-28)1-3-19(17)23-14-24-21/h1-4,11-14,27H,5-10H2. The molecule has 2 aromatic carbocycles. The number of carbonyl (C=O) groups is 1. The average Bonchev–Trinajstić information content (AvgIpc) is 2.74. The van der Waals surface area contributed by atoms with Gasteiger partial charge in [-0.05, 0) is 30.3 Å². The lowest BCUT2D eigenvalue weighted by Gasteiger charge is -2.36. The number of aromatic nitrogens is 2. The van der Waals surface area contributed by atoms with Crippen LogP contribution in [0.1, 0.15) is 10.4 Å². The fraction of sp³-hybridized carbons (Fsp3) is 0.286. The van der Waals surface area contributed by atoms with E-state index < -0.39 is 0 Å². The molecule has 28 heavy (non-hydrogen) atoms. The predicted octanol–water partition coefficient (Wildman–Crippen LogP) is 2.36. The van der Waals surface area contributed by atoms with E-state index in [1.165, 1.54) is 12.4 Å². The van der Waals surface area contributed by atoms with Gasteiger partial charge in [-0.25, -0.2) is 14.4 Å². The van der Waals surface area contributed by atoms with E-state index in [1.54, 1.807) is 24.3 Å². The minimum atomic E-state index is -0.300. The number of benzene rings is 2. The Morgan fingerprint density at radius 3 is 2.61 bits per heavy atom. The van der Waals surface area contributed by atoms with Crippen molar-refractivity contribution in [3.05, 3.63) is 54.1 Å². The number of carbonyl (C=O) groups excluding carboxylic acids is 1. The molecular formula is C21H21FN4O2. The molecule has 0 radical (unpaired) electrons. The summed E-state index contributed by atoms with van der Waals surface area (Å²) in [6.07, 6.45) is 2.22. The Hall–Kier alpha value is -2.90. The molecule has 0 amide bonds. The molecule has 0 spiro atoms. The van der Waals surface area contributed by atoms with Crippen molar-refractivity contribution in [2.45, 2.75) is 0 Å². The van der Waals surface area contributed by atoms with Crippen molar-refractivity contribution in [1.82, 2.24) is 14.9 Å². The van der Waals surface area contributed by atoms with Gasteiger partial charge < -0.3 is 10.0 Å². The molecule has 1 saturated heterocycles. The van der Waals surface area contributed by atoms with Crippen LogP contribution < -0.4 is 4.90 Å². The van der Waals surface area contributed by atoms with Gasteiger partial charge in [0.25, 0.3) is 0 Å². The van der Waals surface area contributed by atoms with Gasteiger partial charge in [-0.3, -0.25) is 9.69 Å². The minimum absolute atomic E-state index is 0.141. The lowest BCUT2D eigenvalue weighted by atomic mass is 10.0. The summed E-state index contributed by atoms with van der Waals surface area (Å²) in [5, 5.41) is 9.77. The Labute approximate surface area is 162 Å². The van der Waals surface area contributed by atoms with Gasteiger partial charge in [0.1, 0.15) is 18.4 Å². The number of hydrogen-bond acceptors (Lipinski definition) is 6. The maximum Gasteiger partial charge on any atom is 0.150 e. The van der Waals surface area contributed by atoms with Crippen LogP contribution in [0.5, 0.6) is 0 Å². The van der Waals surface area contributed by atoms with Gasteiger partial charge in [-0.15, -0.1) is 0 Å². The molecule has 0 atom stereocenters. The molecule has 1 N–H and O–H groups in total. The molecule has 1 aromatic heterocycles. The number of anilines is 1. The summed E-state index contributed by atoms with van der Waals surface area (Å²) >= 11 is 0. The van der Waals surface area contributed by atoms with Gasteiger partial charge >= 0.3 is 0 Å². The maximum absolute atomic E-state index is 14.9. The normalized spacial score (nSPS) is 15.1. The van der Waals surface area contributed by atoms with Crippen molar-refractivity contribution in [2.75, 3.05) is 44.2 Å². The monoisotopic (exact) mass is 380 g/mol. The van der Waals surface area contributed by atoms with Gasteiger partial charge in [-0.2, -0.15) is 0 Å². The second-order valence-corrected chi connectivity index (χ2v) is 6.84. The third-order valence-corrected chi connectivity index (χ3v) is 5.15. The van der Waals surface area contributed by atoms with Crippen LogP contribution >= 0.6 is 0 Å². The zero-order valence-electron chi connectivity index (χ0n) is 15.4. The lowest BCUT2D eigenvalue weighted by Crippen LogP contribution is -2.47. The molecule has 2 heterocycles. The highest BCUT2D eigenvalue weighted by Gasteiger charge is 2.20. The molecule has 1 aliphatic rings. The Kier molecular flexibility index (Phi) is 5.27. The first-order chi connectivity index (χ1) is 13.7. The predicted molar refractivity (Wildman–Crippen MR) is 106 cm³/mol. The highest BCUT2D eigenvalue weighted by molar-refractivity contribution is 5.95. The fourth-order valence-corrected chi connectivity index (χ4v) is 3.64. The van der Waals surface area contributed by atoms with Crippen LogP contribution in [0, 0.1) is 5.82 Å². The molecular weight excluding hydrogens is 359 g/mol. The number of aliphatic hydroxyl groups is 1. The minimum Gasteiger partial charge on any atom is -0.395 e. The summed E-state index contributed by atoms with van der Waals surface area (Å²) in [5.74, 6) is -0.300. The van der Waals surface area contributed by atoms with Crippen LogP contribution in [0.15, 0.2) is 42.7 Å². The van der Waals surface area contributed by atoms with E-state index in [2.05, 4.69) is 14.9 Å². The van der Waals surface area contributed by atoms with Crippen molar-refractivity contribution in [3.8, 4) is 11.3 Å². The summed E-state index contributed by atoms with van der Waals surface area (Å²) in [7, 11) is 0. The first-order valence-corrected chi connectivity index (χ1v) is 9.27. The second kappa shape index (κ2) is 8.00. The molecule has 3 aromatic rings. The number of rotatable bonds is 5. The Morgan fingerprint density at radius 1 is 1.07 bits per heavy atom. The van der Waals surface area contributed by atoms with Gasteiger partial charge in [0.2, 0.25) is 0 Å². The van der Waals surface area contributed by atoms with Crippen molar-refractivity contribution >= 4 is 22.9 Å². The van der Waals surface area contributed by atoms with Gasteiger partial charge in [0.05, 0.1) is 23.5 Å². The summed E-state index contributed by atoms with van der Waals surface area (Å²) < 4.78 is 14.9. The van der Waals surface area contributed by atoms with E-state index >= 15 is 0 Å². The van der Waals surface area contributed by atoms with E-state index in [0.717, 1.165) is 37.9 Å². The molecule has 144 valence electrons. The largest absolute Gasteiger partial charge is 0.395 e. The Balaban J connectivity index is 1.64. The van der Waals surface area contributed by atoms with Crippen LogP contribution in [-0.4, -0.2) is 65.6 Å².